The molecule has 0 unspecified atom stereocenters. The Balaban J connectivity index is 2.02. The summed E-state index contributed by atoms with van der Waals surface area (Å²) in [5.41, 5.74) is 3.29. The highest BCUT2D eigenvalue weighted by molar-refractivity contribution is 5.94. The first-order valence-corrected chi connectivity index (χ1v) is 7.34. The molecule has 19 heavy (non-hydrogen) atoms. The lowest BCUT2D eigenvalue weighted by molar-refractivity contribution is 0.0792. The van der Waals surface area contributed by atoms with Crippen molar-refractivity contribution in [2.75, 3.05) is 25.5 Å². The summed E-state index contributed by atoms with van der Waals surface area (Å²) in [6, 6.07) is 6.04. The number of amides is 1. The average Bonchev–Trinajstić information content (AvgIpc) is 2.46. The van der Waals surface area contributed by atoms with Gasteiger partial charge in [-0.2, -0.15) is 0 Å². The summed E-state index contributed by atoms with van der Waals surface area (Å²) in [6.45, 7) is 4.07. The number of nitrogens with zero attached hydrogens (tertiary/aromatic N) is 1. The number of hydrogen-bond acceptors (Lipinski definition) is 2. The fourth-order valence-electron chi connectivity index (χ4n) is 2.53. The van der Waals surface area contributed by atoms with E-state index in [2.05, 4.69) is 18.3 Å². The first-order valence-electron chi connectivity index (χ1n) is 7.34. The highest BCUT2D eigenvalue weighted by atomic mass is 16.2. The average molecular weight is 260 g/mol. The number of benzene rings is 1. The highest BCUT2D eigenvalue weighted by Crippen LogP contribution is 2.23. The summed E-state index contributed by atoms with van der Waals surface area (Å²) < 4.78 is 0. The normalized spacial score (nSPS) is 13.6. The minimum atomic E-state index is 0.143. The van der Waals surface area contributed by atoms with Crippen LogP contribution >= 0.6 is 0 Å². The topological polar surface area (TPSA) is 32.3 Å². The molecule has 1 aromatic rings. The van der Waals surface area contributed by atoms with Crippen LogP contribution < -0.4 is 5.32 Å². The van der Waals surface area contributed by atoms with Gasteiger partial charge in [-0.15, -0.1) is 0 Å². The van der Waals surface area contributed by atoms with Gasteiger partial charge in [0.25, 0.3) is 5.91 Å². The van der Waals surface area contributed by atoms with Crippen molar-refractivity contribution in [2.24, 2.45) is 0 Å². The Morgan fingerprint density at radius 3 is 3.00 bits per heavy atom. The van der Waals surface area contributed by atoms with Crippen LogP contribution in [0.3, 0.4) is 0 Å². The van der Waals surface area contributed by atoms with Crippen molar-refractivity contribution in [1.82, 2.24) is 4.90 Å². The van der Waals surface area contributed by atoms with E-state index in [4.69, 9.17) is 0 Å². The predicted molar refractivity (Wildman–Crippen MR) is 79.7 cm³/mol. The standard InChI is InChI=1S/C16H24N2O/c1-3-4-5-11-18(2)16(19)14-8-9-15-13(12-14)7-6-10-17-15/h8-9,12,17H,3-7,10-11H2,1-2H3. The fourth-order valence-corrected chi connectivity index (χ4v) is 2.53. The molecule has 1 heterocycles. The minimum absolute atomic E-state index is 0.143. The molecular weight excluding hydrogens is 236 g/mol. The number of anilines is 1. The molecule has 1 aliphatic heterocycles. The van der Waals surface area contributed by atoms with Crippen LogP contribution in [0.25, 0.3) is 0 Å². The molecule has 1 aliphatic rings. The van der Waals surface area contributed by atoms with Gasteiger partial charge < -0.3 is 10.2 Å². The van der Waals surface area contributed by atoms with E-state index in [0.717, 1.165) is 37.9 Å². The van der Waals surface area contributed by atoms with Gasteiger partial charge in [-0.1, -0.05) is 19.8 Å². The van der Waals surface area contributed by atoms with E-state index in [1.807, 2.05) is 24.1 Å². The number of carbonyl (C=O) groups excluding carboxylic acids is 1. The minimum Gasteiger partial charge on any atom is -0.385 e. The molecular formula is C16H24N2O. The van der Waals surface area contributed by atoms with E-state index >= 15 is 0 Å². The monoisotopic (exact) mass is 260 g/mol. The molecule has 2 rings (SSSR count). The van der Waals surface area contributed by atoms with E-state index in [9.17, 15) is 4.79 Å². The number of aryl methyl sites for hydroxylation is 1. The van der Waals surface area contributed by atoms with Crippen molar-refractivity contribution in [2.45, 2.75) is 39.0 Å². The maximum absolute atomic E-state index is 12.3. The van der Waals surface area contributed by atoms with Crippen LogP contribution in [0.2, 0.25) is 0 Å². The van der Waals surface area contributed by atoms with E-state index in [0.29, 0.717) is 0 Å². The maximum atomic E-state index is 12.3. The Hall–Kier alpha value is -1.51. The van der Waals surface area contributed by atoms with Gasteiger partial charge in [0, 0.05) is 31.4 Å². The van der Waals surface area contributed by atoms with Crippen molar-refractivity contribution in [3.05, 3.63) is 29.3 Å². The van der Waals surface area contributed by atoms with Crippen LogP contribution in [-0.4, -0.2) is 30.9 Å². The molecule has 3 heteroatoms. The number of carbonyl (C=O) groups is 1. The molecule has 0 radical (unpaired) electrons. The quantitative estimate of drug-likeness (QED) is 0.824. The second-order valence-corrected chi connectivity index (χ2v) is 5.34. The first-order chi connectivity index (χ1) is 9.22. The van der Waals surface area contributed by atoms with Gasteiger partial charge in [-0.25, -0.2) is 0 Å². The summed E-state index contributed by atoms with van der Waals surface area (Å²) >= 11 is 0. The smallest absolute Gasteiger partial charge is 0.253 e. The lowest BCUT2D eigenvalue weighted by atomic mass is 10.0. The Kier molecular flexibility index (Phi) is 4.83. The summed E-state index contributed by atoms with van der Waals surface area (Å²) in [4.78, 5) is 14.2. The first kappa shape index (κ1) is 13.9. The number of nitrogens with one attached hydrogen (secondary N) is 1. The molecule has 1 aromatic carbocycles. The lowest BCUT2D eigenvalue weighted by Gasteiger charge is -2.21. The van der Waals surface area contributed by atoms with Gasteiger partial charge >= 0.3 is 0 Å². The molecule has 0 spiro atoms. The van der Waals surface area contributed by atoms with Crippen molar-refractivity contribution in [3.63, 3.8) is 0 Å². The van der Waals surface area contributed by atoms with Gasteiger partial charge in [0.1, 0.15) is 0 Å². The SMILES string of the molecule is CCCCCN(C)C(=O)c1ccc2c(c1)CCCN2. The largest absolute Gasteiger partial charge is 0.385 e. The number of rotatable bonds is 5. The molecule has 0 aliphatic carbocycles. The summed E-state index contributed by atoms with van der Waals surface area (Å²) in [6.07, 6.45) is 5.68. The molecule has 0 aromatic heterocycles. The predicted octanol–water partition coefficient (Wildman–Crippen LogP) is 3.31. The Labute approximate surface area is 116 Å². The van der Waals surface area contributed by atoms with Crippen LogP contribution in [0.5, 0.6) is 0 Å². The van der Waals surface area contributed by atoms with Gasteiger partial charge in [0.15, 0.2) is 0 Å². The summed E-state index contributed by atoms with van der Waals surface area (Å²) in [5, 5.41) is 3.37. The molecule has 0 bridgehead atoms. The number of hydrogen-bond donors (Lipinski definition) is 1. The summed E-state index contributed by atoms with van der Waals surface area (Å²) in [7, 11) is 1.90. The van der Waals surface area contributed by atoms with Gasteiger partial charge in [0.2, 0.25) is 0 Å². The van der Waals surface area contributed by atoms with Gasteiger partial charge in [-0.3, -0.25) is 4.79 Å². The van der Waals surface area contributed by atoms with Crippen LogP contribution in [0.15, 0.2) is 18.2 Å². The third-order valence-electron chi connectivity index (χ3n) is 3.73. The summed E-state index contributed by atoms with van der Waals surface area (Å²) in [5.74, 6) is 0.143. The van der Waals surface area contributed by atoms with E-state index in [1.165, 1.54) is 24.1 Å². The zero-order valence-corrected chi connectivity index (χ0v) is 12.0. The Morgan fingerprint density at radius 1 is 1.37 bits per heavy atom. The van der Waals surface area contributed by atoms with Crippen LogP contribution in [0.1, 0.15) is 48.5 Å². The highest BCUT2D eigenvalue weighted by Gasteiger charge is 2.15. The van der Waals surface area contributed by atoms with Crippen molar-refractivity contribution in [3.8, 4) is 0 Å². The number of unbranched alkanes of at least 4 members (excludes halogenated alkanes) is 2. The zero-order chi connectivity index (χ0) is 13.7. The van der Waals surface area contributed by atoms with Crippen LogP contribution in [-0.2, 0) is 6.42 Å². The van der Waals surface area contributed by atoms with Crippen molar-refractivity contribution in [1.29, 1.82) is 0 Å². The molecule has 1 N–H and O–H groups in total. The molecule has 0 saturated carbocycles. The van der Waals surface area contributed by atoms with E-state index in [1.54, 1.807) is 0 Å². The Morgan fingerprint density at radius 2 is 2.21 bits per heavy atom. The Bertz CT molecular complexity index is 442. The van der Waals surface area contributed by atoms with E-state index < -0.39 is 0 Å². The third-order valence-corrected chi connectivity index (χ3v) is 3.73. The van der Waals surface area contributed by atoms with Crippen LogP contribution in [0.4, 0.5) is 5.69 Å². The number of fused-ring (bicyclic) bond motifs is 1. The molecule has 0 saturated heterocycles. The van der Waals surface area contributed by atoms with Gasteiger partial charge in [0.05, 0.1) is 0 Å². The molecule has 3 nitrogen and oxygen atoms in total. The molecule has 1 amide bonds. The van der Waals surface area contributed by atoms with Crippen molar-refractivity contribution >= 4 is 11.6 Å². The molecule has 104 valence electrons. The van der Waals surface area contributed by atoms with Crippen molar-refractivity contribution < 1.29 is 4.79 Å². The molecule has 0 atom stereocenters. The zero-order valence-electron chi connectivity index (χ0n) is 12.0. The second-order valence-electron chi connectivity index (χ2n) is 5.34. The third kappa shape index (κ3) is 3.49. The fraction of sp³-hybridized carbons (Fsp3) is 0.562. The van der Waals surface area contributed by atoms with Crippen LogP contribution in [0, 0.1) is 0 Å². The maximum Gasteiger partial charge on any atom is 0.253 e. The lowest BCUT2D eigenvalue weighted by Crippen LogP contribution is -2.28. The second kappa shape index (κ2) is 6.60. The van der Waals surface area contributed by atoms with E-state index in [-0.39, 0.29) is 5.91 Å². The molecule has 0 fully saturated rings. The van der Waals surface area contributed by atoms with Gasteiger partial charge in [-0.05, 0) is 43.0 Å².